The van der Waals surface area contributed by atoms with Crippen LogP contribution in [0.3, 0.4) is 0 Å². The zero-order valence-corrected chi connectivity index (χ0v) is 23.8. The average molecular weight is 599 g/mol. The van der Waals surface area contributed by atoms with E-state index in [0.717, 1.165) is 44.8 Å². The van der Waals surface area contributed by atoms with Crippen LogP contribution in [-0.2, 0) is 6.54 Å². The minimum atomic E-state index is -4.00. The third-order valence-electron chi connectivity index (χ3n) is 5.47. The average Bonchev–Trinajstić information content (AvgIpc) is 2.84. The molecule has 0 bridgehead atoms. The molecule has 0 unspecified atom stereocenters. The standard InChI is InChI=1S/C24H32BrN7O.C2H3F3/c1-4-8-30-9-11-31(12-10-30)17-19-6-5-7-20(13-19)24(33)29-32(16-18(2)3)23-21(25)15-27-22(14-26)28-23;1-2(3,4)5/h5-7,13,15,18H,4,8-12,16-17H2,1-3H3,(H,29,33);1H3. The molecule has 0 radical (unpaired) electrons. The first kappa shape index (κ1) is 31.5. The predicted molar refractivity (Wildman–Crippen MR) is 144 cm³/mol. The molecule has 1 aromatic carbocycles. The van der Waals surface area contributed by atoms with Gasteiger partial charge in [0.1, 0.15) is 6.07 Å². The van der Waals surface area contributed by atoms with Crippen molar-refractivity contribution in [3.05, 3.63) is 51.9 Å². The van der Waals surface area contributed by atoms with Crippen molar-refractivity contribution in [3.63, 3.8) is 0 Å². The molecule has 208 valence electrons. The van der Waals surface area contributed by atoms with E-state index in [-0.39, 0.29) is 24.6 Å². The Morgan fingerprint density at radius 3 is 2.45 bits per heavy atom. The van der Waals surface area contributed by atoms with Gasteiger partial charge in [-0.25, -0.2) is 4.98 Å². The van der Waals surface area contributed by atoms with Gasteiger partial charge in [-0.2, -0.15) is 23.4 Å². The van der Waals surface area contributed by atoms with Crippen LogP contribution < -0.4 is 10.4 Å². The van der Waals surface area contributed by atoms with Crippen LogP contribution in [0.25, 0.3) is 0 Å². The van der Waals surface area contributed by atoms with Crippen LogP contribution >= 0.6 is 15.9 Å². The number of hydrogen-bond acceptors (Lipinski definition) is 7. The van der Waals surface area contributed by atoms with Crippen molar-refractivity contribution in [2.45, 2.75) is 46.8 Å². The minimum Gasteiger partial charge on any atom is -0.301 e. The second-order valence-corrected chi connectivity index (χ2v) is 10.4. The van der Waals surface area contributed by atoms with Crippen LogP contribution in [0, 0.1) is 17.2 Å². The second kappa shape index (κ2) is 15.0. The lowest BCUT2D eigenvalue weighted by atomic mass is 10.1. The summed E-state index contributed by atoms with van der Waals surface area (Å²) in [5.41, 5.74) is 4.68. The summed E-state index contributed by atoms with van der Waals surface area (Å²) in [6.07, 6.45) is -1.28. The Morgan fingerprint density at radius 1 is 1.24 bits per heavy atom. The number of nitrogens with zero attached hydrogens (tertiary/aromatic N) is 6. The minimum absolute atomic E-state index is 0.0530. The Morgan fingerprint density at radius 2 is 1.87 bits per heavy atom. The van der Waals surface area contributed by atoms with E-state index in [9.17, 15) is 23.2 Å². The van der Waals surface area contributed by atoms with Crippen molar-refractivity contribution in [1.29, 1.82) is 5.26 Å². The van der Waals surface area contributed by atoms with Crippen LogP contribution in [0.15, 0.2) is 34.9 Å². The highest BCUT2D eigenvalue weighted by molar-refractivity contribution is 9.10. The number of hydrogen-bond donors (Lipinski definition) is 1. The highest BCUT2D eigenvalue weighted by Crippen LogP contribution is 2.23. The molecule has 1 fully saturated rings. The first-order valence-corrected chi connectivity index (χ1v) is 13.3. The number of amides is 1. The zero-order valence-electron chi connectivity index (χ0n) is 22.2. The first-order valence-electron chi connectivity index (χ1n) is 12.5. The fraction of sp³-hybridized carbons (Fsp3) is 0.538. The molecule has 1 saturated heterocycles. The van der Waals surface area contributed by atoms with Crippen molar-refractivity contribution < 1.29 is 18.0 Å². The van der Waals surface area contributed by atoms with Crippen molar-refractivity contribution in [1.82, 2.24) is 25.2 Å². The van der Waals surface area contributed by atoms with E-state index in [1.165, 1.54) is 12.6 Å². The molecule has 0 aliphatic carbocycles. The number of carbonyl (C=O) groups is 1. The maximum Gasteiger partial charge on any atom is 0.386 e. The van der Waals surface area contributed by atoms with Gasteiger partial charge in [-0.15, -0.1) is 0 Å². The number of piperazine rings is 1. The summed E-state index contributed by atoms with van der Waals surface area (Å²) in [7, 11) is 0. The van der Waals surface area contributed by atoms with Crippen molar-refractivity contribution in [2.75, 3.05) is 44.3 Å². The number of aromatic nitrogens is 2. The number of nitrogens with one attached hydrogen (secondary N) is 1. The molecule has 3 rings (SSSR count). The lowest BCUT2D eigenvalue weighted by Gasteiger charge is -2.34. The number of carbonyl (C=O) groups excluding carboxylic acids is 1. The third-order valence-corrected chi connectivity index (χ3v) is 6.02. The molecule has 0 atom stereocenters. The summed E-state index contributed by atoms with van der Waals surface area (Å²) in [5.74, 6) is 0.562. The molecule has 2 heterocycles. The topological polar surface area (TPSA) is 88.4 Å². The fourth-order valence-electron chi connectivity index (χ4n) is 3.89. The quantitative estimate of drug-likeness (QED) is 0.406. The van der Waals surface area contributed by atoms with Gasteiger partial charge in [0, 0.05) is 58.0 Å². The molecule has 1 amide bonds. The molecule has 1 aliphatic rings. The van der Waals surface area contributed by atoms with Crippen molar-refractivity contribution >= 4 is 27.7 Å². The summed E-state index contributed by atoms with van der Waals surface area (Å²) in [6, 6.07) is 9.73. The Hall–Kier alpha value is -2.75. The van der Waals surface area contributed by atoms with Gasteiger partial charge >= 0.3 is 6.18 Å². The van der Waals surface area contributed by atoms with Gasteiger partial charge in [-0.05, 0) is 52.5 Å². The van der Waals surface area contributed by atoms with Gasteiger partial charge in [-0.1, -0.05) is 32.9 Å². The summed E-state index contributed by atoms with van der Waals surface area (Å²) in [4.78, 5) is 26.3. The predicted octanol–water partition coefficient (Wildman–Crippen LogP) is 5.01. The monoisotopic (exact) mass is 597 g/mol. The summed E-state index contributed by atoms with van der Waals surface area (Å²) >= 11 is 3.44. The van der Waals surface area contributed by atoms with Crippen LogP contribution in [-0.4, -0.2) is 71.1 Å². The molecular weight excluding hydrogens is 563 g/mol. The van der Waals surface area contributed by atoms with Crippen LogP contribution in [0.2, 0.25) is 0 Å². The Kier molecular flexibility index (Phi) is 12.4. The molecule has 1 N–H and O–H groups in total. The van der Waals surface area contributed by atoms with E-state index in [1.807, 2.05) is 24.3 Å². The van der Waals surface area contributed by atoms with E-state index < -0.39 is 6.18 Å². The Bertz CT molecular complexity index is 1080. The number of benzene rings is 1. The summed E-state index contributed by atoms with van der Waals surface area (Å²) in [6.45, 7) is 13.3. The number of halogens is 4. The van der Waals surface area contributed by atoms with Crippen LogP contribution in [0.1, 0.15) is 55.9 Å². The van der Waals surface area contributed by atoms with Gasteiger partial charge < -0.3 is 4.90 Å². The molecule has 1 aromatic heterocycles. The molecule has 12 heteroatoms. The maximum atomic E-state index is 13.1. The third kappa shape index (κ3) is 11.3. The molecule has 1 aliphatic heterocycles. The smallest absolute Gasteiger partial charge is 0.301 e. The number of rotatable bonds is 9. The van der Waals surface area contributed by atoms with Gasteiger partial charge in [0.15, 0.2) is 5.82 Å². The van der Waals surface area contributed by atoms with Crippen LogP contribution in [0.4, 0.5) is 19.0 Å². The molecular formula is C26H35BrF3N7O. The van der Waals surface area contributed by atoms with Gasteiger partial charge in [0.25, 0.3) is 5.91 Å². The van der Waals surface area contributed by atoms with E-state index >= 15 is 0 Å². The molecule has 38 heavy (non-hydrogen) atoms. The SMILES string of the molecule is CC(F)(F)F.CCCN1CCN(Cc2cccc(C(=O)NN(CC(C)C)c3nc(C#N)ncc3Br)c2)CC1. The van der Waals surface area contributed by atoms with Gasteiger partial charge in [0.05, 0.1) is 4.47 Å². The summed E-state index contributed by atoms with van der Waals surface area (Å²) in [5, 5.41) is 10.9. The van der Waals surface area contributed by atoms with E-state index in [4.69, 9.17) is 0 Å². The van der Waals surface area contributed by atoms with E-state index in [2.05, 4.69) is 68.0 Å². The second-order valence-electron chi connectivity index (χ2n) is 9.52. The molecule has 8 nitrogen and oxygen atoms in total. The Balaban J connectivity index is 0.000000926. The number of anilines is 1. The largest absolute Gasteiger partial charge is 0.386 e. The number of nitriles is 1. The fourth-order valence-corrected chi connectivity index (χ4v) is 4.30. The maximum absolute atomic E-state index is 13.1. The van der Waals surface area contributed by atoms with Crippen molar-refractivity contribution in [2.24, 2.45) is 5.92 Å². The molecule has 0 saturated carbocycles. The summed E-state index contributed by atoms with van der Waals surface area (Å²) < 4.78 is 31.7. The molecule has 2 aromatic rings. The van der Waals surface area contributed by atoms with E-state index in [0.29, 0.717) is 22.4 Å². The van der Waals surface area contributed by atoms with Crippen LogP contribution in [0.5, 0.6) is 0 Å². The van der Waals surface area contributed by atoms with Gasteiger partial charge in [-0.3, -0.25) is 20.1 Å². The number of hydrazine groups is 1. The first-order chi connectivity index (χ1) is 17.9. The Labute approximate surface area is 230 Å². The van der Waals surface area contributed by atoms with Gasteiger partial charge in [0.2, 0.25) is 5.82 Å². The lowest BCUT2D eigenvalue weighted by molar-refractivity contribution is -0.110. The highest BCUT2D eigenvalue weighted by atomic mass is 79.9. The van der Waals surface area contributed by atoms with E-state index in [1.54, 1.807) is 5.01 Å². The zero-order chi connectivity index (χ0) is 28.3. The highest BCUT2D eigenvalue weighted by Gasteiger charge is 2.20. The lowest BCUT2D eigenvalue weighted by Crippen LogP contribution is -2.46. The van der Waals surface area contributed by atoms with Crippen molar-refractivity contribution in [3.8, 4) is 6.07 Å². The number of alkyl halides is 3. The normalized spacial score (nSPS) is 14.4. The molecule has 0 spiro atoms.